The number of hydrogen-bond acceptors (Lipinski definition) is 6. The fraction of sp³-hybridized carbons (Fsp3) is 0.478. The molecule has 2 aromatic rings. The molecule has 0 bridgehead atoms. The maximum absolute atomic E-state index is 13.3. The lowest BCUT2D eigenvalue weighted by molar-refractivity contribution is -0.134. The highest BCUT2D eigenvalue weighted by molar-refractivity contribution is 7.12. The van der Waals surface area contributed by atoms with E-state index in [9.17, 15) is 4.79 Å². The van der Waals surface area contributed by atoms with Gasteiger partial charge in [0.15, 0.2) is 11.5 Å². The fourth-order valence-electron chi connectivity index (χ4n) is 3.98. The maximum Gasteiger partial charge on any atom is 0.257 e. The number of ether oxygens (including phenoxy) is 2. The zero-order valence-corrected chi connectivity index (χ0v) is 19.2. The van der Waals surface area contributed by atoms with Gasteiger partial charge in [0.05, 0.1) is 37.4 Å². The highest BCUT2D eigenvalue weighted by Crippen LogP contribution is 2.38. The third kappa shape index (κ3) is 4.68. The Hall–Kier alpha value is -2.38. The number of amides is 1. The highest BCUT2D eigenvalue weighted by Gasteiger charge is 2.34. The molecular formula is C23H31N3O3S. The van der Waals surface area contributed by atoms with Gasteiger partial charge in [-0.05, 0) is 49.0 Å². The van der Waals surface area contributed by atoms with Crippen LogP contribution >= 0.6 is 11.3 Å². The number of methoxy groups -OCH3 is 2. The molecule has 1 amide bonds. The molecule has 6 nitrogen and oxygen atoms in total. The summed E-state index contributed by atoms with van der Waals surface area (Å²) in [6.45, 7) is 4.66. The van der Waals surface area contributed by atoms with Gasteiger partial charge < -0.3 is 9.47 Å². The Labute approximate surface area is 183 Å². The summed E-state index contributed by atoms with van der Waals surface area (Å²) in [5, 5.41) is 8.46. The van der Waals surface area contributed by atoms with Gasteiger partial charge in [-0.1, -0.05) is 26.0 Å². The first-order valence-corrected chi connectivity index (χ1v) is 11.3. The van der Waals surface area contributed by atoms with Crippen LogP contribution in [0.25, 0.3) is 0 Å². The third-order valence-corrected chi connectivity index (χ3v) is 6.63. The number of rotatable bonds is 9. The average molecular weight is 430 g/mol. The van der Waals surface area contributed by atoms with E-state index in [0.29, 0.717) is 30.5 Å². The van der Waals surface area contributed by atoms with E-state index in [4.69, 9.17) is 14.6 Å². The molecule has 3 rings (SSSR count). The zero-order chi connectivity index (χ0) is 21.7. The molecule has 1 atom stereocenters. The van der Waals surface area contributed by atoms with Crippen LogP contribution < -0.4 is 9.47 Å². The topological polar surface area (TPSA) is 54.4 Å². The molecule has 0 unspecified atom stereocenters. The maximum atomic E-state index is 13.3. The van der Waals surface area contributed by atoms with Crippen molar-refractivity contribution in [2.75, 3.05) is 27.8 Å². The normalized spacial score (nSPS) is 16.3. The van der Waals surface area contributed by atoms with Gasteiger partial charge in [0.25, 0.3) is 5.91 Å². The fourth-order valence-corrected chi connectivity index (χ4v) is 4.70. The van der Waals surface area contributed by atoms with Gasteiger partial charge in [-0.3, -0.25) is 9.69 Å². The van der Waals surface area contributed by atoms with Gasteiger partial charge >= 0.3 is 0 Å². The molecule has 162 valence electrons. The minimum absolute atomic E-state index is 0.00995. The first-order chi connectivity index (χ1) is 14.5. The number of carbonyl (C=O) groups excluding carboxylic acids is 1. The molecule has 0 radical (unpaired) electrons. The predicted molar refractivity (Wildman–Crippen MR) is 122 cm³/mol. The van der Waals surface area contributed by atoms with Crippen molar-refractivity contribution in [2.45, 2.75) is 45.2 Å². The SMILES string of the molecule is CCC(CC)N(C)CC(=O)N1N=C(c2cccs2)C[C@H]1c1ccc(OC)c(OC)c1. The first kappa shape index (κ1) is 22.3. The van der Waals surface area contributed by atoms with Crippen molar-refractivity contribution < 1.29 is 14.3 Å². The molecule has 7 heteroatoms. The largest absolute Gasteiger partial charge is 0.493 e. The van der Waals surface area contributed by atoms with Crippen LogP contribution in [0, 0.1) is 0 Å². The van der Waals surface area contributed by atoms with E-state index in [2.05, 4.69) is 24.8 Å². The van der Waals surface area contributed by atoms with Crippen LogP contribution in [0.5, 0.6) is 11.5 Å². The Kier molecular flexibility index (Phi) is 7.50. The van der Waals surface area contributed by atoms with E-state index in [0.717, 1.165) is 29.0 Å². The molecule has 1 aromatic carbocycles. The lowest BCUT2D eigenvalue weighted by Crippen LogP contribution is -2.40. The monoisotopic (exact) mass is 429 g/mol. The standard InChI is InChI=1S/C23H31N3O3S/c1-6-17(7-2)25(3)15-23(27)26-19(14-18(24-26)22-9-8-12-30-22)16-10-11-20(28-4)21(13-16)29-5/h8-13,17,19H,6-7,14-15H2,1-5H3/t19-/m0/s1. The smallest absolute Gasteiger partial charge is 0.257 e. The van der Waals surface area contributed by atoms with Crippen LogP contribution in [0.4, 0.5) is 0 Å². The molecule has 0 fully saturated rings. The van der Waals surface area contributed by atoms with Crippen LogP contribution in [-0.4, -0.2) is 55.4 Å². The second kappa shape index (κ2) is 10.1. The minimum Gasteiger partial charge on any atom is -0.493 e. The van der Waals surface area contributed by atoms with E-state index < -0.39 is 0 Å². The lowest BCUT2D eigenvalue weighted by atomic mass is 10.0. The molecule has 0 N–H and O–H groups in total. The summed E-state index contributed by atoms with van der Waals surface area (Å²) in [6.07, 6.45) is 2.71. The third-order valence-electron chi connectivity index (χ3n) is 5.71. The highest BCUT2D eigenvalue weighted by atomic mass is 32.1. The Bertz CT molecular complexity index is 878. The van der Waals surface area contributed by atoms with Crippen LogP contribution in [0.15, 0.2) is 40.8 Å². The van der Waals surface area contributed by atoms with Crippen molar-refractivity contribution in [3.05, 3.63) is 46.2 Å². The van der Waals surface area contributed by atoms with Gasteiger partial charge in [-0.2, -0.15) is 5.10 Å². The van der Waals surface area contributed by atoms with Crippen molar-refractivity contribution >= 4 is 23.0 Å². The number of likely N-dealkylation sites (N-methyl/N-ethyl adjacent to an activating group) is 1. The van der Waals surface area contributed by atoms with Gasteiger partial charge in [0.1, 0.15) is 0 Å². The van der Waals surface area contributed by atoms with E-state index in [1.807, 2.05) is 36.7 Å². The molecular weight excluding hydrogens is 398 g/mol. The molecule has 0 saturated carbocycles. The number of hydrazone groups is 1. The second-order valence-corrected chi connectivity index (χ2v) is 8.43. The summed E-state index contributed by atoms with van der Waals surface area (Å²) >= 11 is 1.65. The number of benzene rings is 1. The van der Waals surface area contributed by atoms with Crippen molar-refractivity contribution in [3.63, 3.8) is 0 Å². The molecule has 0 aliphatic carbocycles. The van der Waals surface area contributed by atoms with Crippen molar-refractivity contribution in [1.29, 1.82) is 0 Å². The molecule has 1 aliphatic rings. The van der Waals surface area contributed by atoms with Gasteiger partial charge in [-0.15, -0.1) is 11.3 Å². The van der Waals surface area contributed by atoms with E-state index in [1.165, 1.54) is 0 Å². The quantitative estimate of drug-likeness (QED) is 0.586. The lowest BCUT2D eigenvalue weighted by Gasteiger charge is -2.29. The summed E-state index contributed by atoms with van der Waals surface area (Å²) in [5.41, 5.74) is 1.94. The van der Waals surface area contributed by atoms with Crippen LogP contribution in [0.3, 0.4) is 0 Å². The summed E-state index contributed by atoms with van der Waals surface area (Å²) in [5.74, 6) is 1.34. The summed E-state index contributed by atoms with van der Waals surface area (Å²) in [4.78, 5) is 16.5. The first-order valence-electron chi connectivity index (χ1n) is 10.4. The van der Waals surface area contributed by atoms with Crippen LogP contribution in [0.1, 0.15) is 49.6 Å². The second-order valence-electron chi connectivity index (χ2n) is 7.48. The summed E-state index contributed by atoms with van der Waals surface area (Å²) in [6, 6.07) is 10.1. The number of carbonyl (C=O) groups is 1. The van der Waals surface area contributed by atoms with Gasteiger partial charge in [0.2, 0.25) is 0 Å². The molecule has 1 aromatic heterocycles. The summed E-state index contributed by atoms with van der Waals surface area (Å²) in [7, 11) is 5.26. The van der Waals surface area contributed by atoms with Crippen molar-refractivity contribution in [3.8, 4) is 11.5 Å². The van der Waals surface area contributed by atoms with Gasteiger partial charge in [0, 0.05) is 12.5 Å². The number of nitrogens with zero attached hydrogens (tertiary/aromatic N) is 3. The molecule has 0 saturated heterocycles. The Morgan fingerprint density at radius 3 is 2.57 bits per heavy atom. The summed E-state index contributed by atoms with van der Waals surface area (Å²) < 4.78 is 10.9. The number of thiophene rings is 1. The average Bonchev–Trinajstić information content (AvgIpc) is 3.44. The Balaban J connectivity index is 1.90. The minimum atomic E-state index is -0.162. The Morgan fingerprint density at radius 1 is 1.23 bits per heavy atom. The van der Waals surface area contributed by atoms with Gasteiger partial charge in [-0.25, -0.2) is 5.01 Å². The predicted octanol–water partition coefficient (Wildman–Crippen LogP) is 4.56. The van der Waals surface area contributed by atoms with Crippen molar-refractivity contribution in [1.82, 2.24) is 9.91 Å². The van der Waals surface area contributed by atoms with E-state index in [-0.39, 0.29) is 11.9 Å². The van der Waals surface area contributed by atoms with Crippen LogP contribution in [-0.2, 0) is 4.79 Å². The molecule has 0 spiro atoms. The van der Waals surface area contributed by atoms with Crippen LogP contribution in [0.2, 0.25) is 0 Å². The van der Waals surface area contributed by atoms with E-state index >= 15 is 0 Å². The molecule has 2 heterocycles. The molecule has 1 aliphatic heterocycles. The Morgan fingerprint density at radius 2 is 1.97 bits per heavy atom. The van der Waals surface area contributed by atoms with E-state index in [1.54, 1.807) is 30.6 Å². The van der Waals surface area contributed by atoms with Crippen molar-refractivity contribution in [2.24, 2.45) is 5.10 Å². The molecule has 30 heavy (non-hydrogen) atoms. The zero-order valence-electron chi connectivity index (χ0n) is 18.4. The number of hydrogen-bond donors (Lipinski definition) is 0.